The second-order valence-electron chi connectivity index (χ2n) is 5.16. The van der Waals surface area contributed by atoms with Crippen LogP contribution in [-0.4, -0.2) is 15.6 Å². The predicted molar refractivity (Wildman–Crippen MR) is 81.1 cm³/mol. The highest BCUT2D eigenvalue weighted by Crippen LogP contribution is 2.31. The van der Waals surface area contributed by atoms with Gasteiger partial charge in [-0.15, -0.1) is 0 Å². The predicted octanol–water partition coefficient (Wildman–Crippen LogP) is 3.57. The van der Waals surface area contributed by atoms with Gasteiger partial charge in [-0.2, -0.15) is 5.10 Å². The first-order chi connectivity index (χ1) is 10.1. The third-order valence-corrected chi connectivity index (χ3v) is 4.34. The number of hydrogen-bond donors (Lipinski definition) is 0. The van der Waals surface area contributed by atoms with Gasteiger partial charge in [0.25, 0.3) is 0 Å². The largest absolute Gasteiger partial charge is 0.487 e. The zero-order chi connectivity index (χ0) is 15.0. The van der Waals surface area contributed by atoms with Gasteiger partial charge in [-0.25, -0.2) is 0 Å². The van der Waals surface area contributed by atoms with Crippen molar-refractivity contribution in [1.82, 2.24) is 9.78 Å². The highest BCUT2D eigenvalue weighted by molar-refractivity contribution is 6.31. The minimum absolute atomic E-state index is 0.197. The lowest BCUT2D eigenvalue weighted by Crippen LogP contribution is -2.07. The number of aryl methyl sites for hydroxylation is 2. The smallest absolute Gasteiger partial charge is 0.163 e. The van der Waals surface area contributed by atoms with Crippen molar-refractivity contribution in [3.05, 3.63) is 45.7 Å². The Hall–Kier alpha value is -1.81. The van der Waals surface area contributed by atoms with E-state index in [0.717, 1.165) is 41.2 Å². The van der Waals surface area contributed by atoms with Gasteiger partial charge in [0, 0.05) is 24.1 Å². The summed E-state index contributed by atoms with van der Waals surface area (Å²) in [5, 5.41) is 5.03. The zero-order valence-corrected chi connectivity index (χ0v) is 12.9. The van der Waals surface area contributed by atoms with Crippen LogP contribution >= 0.6 is 11.6 Å². The van der Waals surface area contributed by atoms with Crippen LogP contribution in [0.5, 0.6) is 5.75 Å². The van der Waals surface area contributed by atoms with Crippen LogP contribution in [0.2, 0.25) is 5.02 Å². The van der Waals surface area contributed by atoms with Crippen LogP contribution in [0.3, 0.4) is 0 Å². The van der Waals surface area contributed by atoms with Gasteiger partial charge in [0.2, 0.25) is 0 Å². The molecule has 0 saturated heterocycles. The van der Waals surface area contributed by atoms with Crippen LogP contribution in [0.15, 0.2) is 18.2 Å². The highest BCUT2D eigenvalue weighted by Gasteiger charge is 2.23. The van der Waals surface area contributed by atoms with Gasteiger partial charge in [-0.3, -0.25) is 9.48 Å². The topological polar surface area (TPSA) is 44.1 Å². The standard InChI is InChI=1S/C16H17ClN2O2/c1-3-19-13(16(17)10(2)18-19)9-21-15-6-4-5-11-12(15)7-8-14(11)20/h4-6H,3,7-9H2,1-2H3. The number of fused-ring (bicyclic) bond motifs is 1. The SMILES string of the molecule is CCn1nc(C)c(Cl)c1COc1cccc2c1CCC2=O. The Balaban J connectivity index is 1.85. The number of benzene rings is 1. The van der Waals surface area contributed by atoms with Crippen molar-refractivity contribution < 1.29 is 9.53 Å². The van der Waals surface area contributed by atoms with Crippen molar-refractivity contribution in [3.8, 4) is 5.75 Å². The van der Waals surface area contributed by atoms with E-state index in [1.165, 1.54) is 0 Å². The molecule has 110 valence electrons. The van der Waals surface area contributed by atoms with Crippen molar-refractivity contribution in [2.24, 2.45) is 0 Å². The third-order valence-electron chi connectivity index (χ3n) is 3.85. The molecule has 0 amide bonds. The first kappa shape index (κ1) is 14.1. The van der Waals surface area contributed by atoms with E-state index in [-0.39, 0.29) is 5.78 Å². The lowest BCUT2D eigenvalue weighted by atomic mass is 10.1. The van der Waals surface area contributed by atoms with Crippen molar-refractivity contribution in [1.29, 1.82) is 0 Å². The molecule has 3 rings (SSSR count). The molecule has 1 aliphatic carbocycles. The molecular weight excluding hydrogens is 288 g/mol. The van der Waals surface area contributed by atoms with Gasteiger partial charge in [0.1, 0.15) is 12.4 Å². The second-order valence-corrected chi connectivity index (χ2v) is 5.53. The van der Waals surface area contributed by atoms with E-state index in [4.69, 9.17) is 16.3 Å². The molecule has 1 aromatic carbocycles. The molecule has 1 aliphatic rings. The van der Waals surface area contributed by atoms with Gasteiger partial charge in [0.05, 0.1) is 16.4 Å². The molecular formula is C16H17ClN2O2. The quantitative estimate of drug-likeness (QED) is 0.867. The van der Waals surface area contributed by atoms with Crippen molar-refractivity contribution in [2.75, 3.05) is 0 Å². The van der Waals surface area contributed by atoms with Crippen LogP contribution < -0.4 is 4.74 Å². The first-order valence-corrected chi connectivity index (χ1v) is 7.49. The van der Waals surface area contributed by atoms with Gasteiger partial charge < -0.3 is 4.74 Å². The summed E-state index contributed by atoms with van der Waals surface area (Å²) in [5.41, 5.74) is 3.49. The summed E-state index contributed by atoms with van der Waals surface area (Å²) >= 11 is 6.28. The number of aromatic nitrogens is 2. The molecule has 0 saturated carbocycles. The van der Waals surface area contributed by atoms with E-state index in [0.29, 0.717) is 18.1 Å². The minimum Gasteiger partial charge on any atom is -0.487 e. The Labute approximate surface area is 128 Å². The fourth-order valence-electron chi connectivity index (χ4n) is 2.75. The van der Waals surface area contributed by atoms with Crippen LogP contribution in [0.25, 0.3) is 0 Å². The summed E-state index contributed by atoms with van der Waals surface area (Å²) in [6, 6.07) is 5.64. The average molecular weight is 305 g/mol. The minimum atomic E-state index is 0.197. The Bertz CT molecular complexity index is 707. The number of rotatable bonds is 4. The van der Waals surface area contributed by atoms with Gasteiger partial charge in [0.15, 0.2) is 5.78 Å². The second kappa shape index (κ2) is 5.53. The molecule has 4 nitrogen and oxygen atoms in total. The third kappa shape index (κ3) is 2.44. The number of carbonyl (C=O) groups excluding carboxylic acids is 1. The molecule has 21 heavy (non-hydrogen) atoms. The van der Waals surface area contributed by atoms with E-state index in [1.807, 2.05) is 36.7 Å². The lowest BCUT2D eigenvalue weighted by molar-refractivity contribution is 0.0994. The van der Waals surface area contributed by atoms with E-state index < -0.39 is 0 Å². The molecule has 0 spiro atoms. The molecule has 0 fully saturated rings. The fraction of sp³-hybridized carbons (Fsp3) is 0.375. The number of halogens is 1. The number of nitrogens with zero attached hydrogens (tertiary/aromatic N) is 2. The van der Waals surface area contributed by atoms with Gasteiger partial charge >= 0.3 is 0 Å². The van der Waals surface area contributed by atoms with E-state index in [1.54, 1.807) is 0 Å². The molecule has 0 bridgehead atoms. The summed E-state index contributed by atoms with van der Waals surface area (Å²) in [7, 11) is 0. The van der Waals surface area contributed by atoms with E-state index in [9.17, 15) is 4.79 Å². The maximum absolute atomic E-state index is 11.8. The molecule has 0 aliphatic heterocycles. The summed E-state index contributed by atoms with van der Waals surface area (Å²) in [6.07, 6.45) is 1.33. The number of hydrogen-bond acceptors (Lipinski definition) is 3. The number of ether oxygens (including phenoxy) is 1. The van der Waals surface area contributed by atoms with Gasteiger partial charge in [-0.1, -0.05) is 23.7 Å². The normalized spacial score (nSPS) is 13.6. The lowest BCUT2D eigenvalue weighted by Gasteiger charge is -2.11. The van der Waals surface area contributed by atoms with Crippen LogP contribution in [0.4, 0.5) is 0 Å². The van der Waals surface area contributed by atoms with E-state index >= 15 is 0 Å². The fourth-order valence-corrected chi connectivity index (χ4v) is 2.94. The van der Waals surface area contributed by atoms with Crippen LogP contribution in [-0.2, 0) is 19.6 Å². The molecule has 0 unspecified atom stereocenters. The van der Waals surface area contributed by atoms with Crippen molar-refractivity contribution >= 4 is 17.4 Å². The maximum atomic E-state index is 11.8. The Morgan fingerprint density at radius 2 is 2.19 bits per heavy atom. The first-order valence-electron chi connectivity index (χ1n) is 7.11. The molecule has 5 heteroatoms. The monoisotopic (exact) mass is 304 g/mol. The Morgan fingerprint density at radius 3 is 2.95 bits per heavy atom. The van der Waals surface area contributed by atoms with Crippen LogP contribution in [0, 0.1) is 6.92 Å². The summed E-state index contributed by atoms with van der Waals surface area (Å²) in [6.45, 7) is 5.01. The molecule has 2 aromatic rings. The molecule has 0 radical (unpaired) electrons. The summed E-state index contributed by atoms with van der Waals surface area (Å²) < 4.78 is 7.78. The van der Waals surface area contributed by atoms with Crippen LogP contribution in [0.1, 0.15) is 40.7 Å². The number of ketones is 1. The highest BCUT2D eigenvalue weighted by atomic mass is 35.5. The zero-order valence-electron chi connectivity index (χ0n) is 12.1. The maximum Gasteiger partial charge on any atom is 0.163 e. The average Bonchev–Trinajstić information content (AvgIpc) is 2.99. The summed E-state index contributed by atoms with van der Waals surface area (Å²) in [4.78, 5) is 11.8. The molecule has 1 heterocycles. The Kier molecular flexibility index (Phi) is 3.72. The molecule has 1 aromatic heterocycles. The number of Topliss-reactive ketones (excluding diaryl/α,β-unsaturated/α-hetero) is 1. The molecule has 0 atom stereocenters. The van der Waals surface area contributed by atoms with Gasteiger partial charge in [-0.05, 0) is 26.3 Å². The van der Waals surface area contributed by atoms with Crippen molar-refractivity contribution in [2.45, 2.75) is 39.8 Å². The number of carbonyl (C=O) groups is 1. The summed E-state index contributed by atoms with van der Waals surface area (Å²) in [5.74, 6) is 0.971. The van der Waals surface area contributed by atoms with Crippen molar-refractivity contribution in [3.63, 3.8) is 0 Å². The van der Waals surface area contributed by atoms with E-state index in [2.05, 4.69) is 5.10 Å². The molecule has 0 N–H and O–H groups in total. The Morgan fingerprint density at radius 1 is 1.38 bits per heavy atom.